The van der Waals surface area contributed by atoms with Crippen LogP contribution in [-0.4, -0.2) is 123 Å². The maximum absolute atomic E-state index is 12.2. The van der Waals surface area contributed by atoms with Gasteiger partial charge >= 0.3 is 0 Å². The lowest BCUT2D eigenvalue weighted by Crippen LogP contribution is -2.86. The van der Waals surface area contributed by atoms with Crippen molar-refractivity contribution in [3.63, 3.8) is 0 Å². The van der Waals surface area contributed by atoms with E-state index in [0.29, 0.717) is 26.4 Å². The van der Waals surface area contributed by atoms with Crippen LogP contribution in [-0.2, 0) is 18.9 Å². The fraction of sp³-hybridized carbons (Fsp3) is 0.300. The van der Waals surface area contributed by atoms with Gasteiger partial charge in [-0.15, -0.1) is 11.5 Å². The summed E-state index contributed by atoms with van der Waals surface area (Å²) in [4.78, 5) is 48.6. The lowest BCUT2D eigenvalue weighted by atomic mass is 9.84. The van der Waals surface area contributed by atoms with Crippen molar-refractivity contribution in [1.82, 2.24) is 0 Å². The van der Waals surface area contributed by atoms with Gasteiger partial charge in [0.15, 0.2) is 23.1 Å². The van der Waals surface area contributed by atoms with E-state index in [4.69, 9.17) is 18.9 Å². The monoisotopic (exact) mass is 778 g/mol. The zero-order valence-corrected chi connectivity index (χ0v) is 30.5. The minimum Gasteiger partial charge on any atom is -0.872 e. The van der Waals surface area contributed by atoms with E-state index >= 15 is 0 Å². The molecule has 0 unspecified atom stereocenters. The zero-order valence-electron chi connectivity index (χ0n) is 30.5. The molecule has 2 aliphatic carbocycles. The number of aromatic hydroxyl groups is 2. The smallest absolute Gasteiger partial charge is 0.194 e. The number of carbonyl (C=O) groups is 4. The highest BCUT2D eigenvalue weighted by atomic mass is 16.5. The molecular formula is C40H46N2O14. The number of phenols is 2. The Bertz CT molecular complexity index is 1660. The van der Waals surface area contributed by atoms with Crippen LogP contribution in [0.5, 0.6) is 23.0 Å². The van der Waals surface area contributed by atoms with Crippen molar-refractivity contribution in [3.8, 4) is 23.0 Å². The van der Waals surface area contributed by atoms with Gasteiger partial charge in [0, 0.05) is 44.5 Å². The van der Waals surface area contributed by atoms with Gasteiger partial charge in [-0.1, -0.05) is 36.4 Å². The quantitative estimate of drug-likeness (QED) is 0.131. The van der Waals surface area contributed by atoms with E-state index in [-0.39, 0.29) is 102 Å². The number of phenolic OH excluding ortho intramolecular Hbond substituents is 2. The first-order chi connectivity index (χ1) is 26.2. The highest BCUT2D eigenvalue weighted by Gasteiger charge is 2.30. The molecule has 0 radical (unpaired) electrons. The lowest BCUT2D eigenvalue weighted by molar-refractivity contribution is -0.659. The minimum absolute atomic E-state index is 0. The average molecular weight is 779 g/mol. The summed E-state index contributed by atoms with van der Waals surface area (Å²) in [6, 6.07) is 15.6. The molecule has 0 saturated carbocycles. The number of hydrogen-bond acceptors (Lipinski definition) is 12. The molecular weight excluding hydrogens is 732 g/mol. The number of nitrogens with two attached hydrogens (primary N) is 2. The minimum atomic E-state index is -0.364. The molecule has 0 atom stereocenters. The molecule has 56 heavy (non-hydrogen) atoms. The van der Waals surface area contributed by atoms with Crippen molar-refractivity contribution >= 4 is 23.1 Å². The summed E-state index contributed by atoms with van der Waals surface area (Å²) < 4.78 is 21.8. The van der Waals surface area contributed by atoms with Gasteiger partial charge in [0.25, 0.3) is 0 Å². The second-order valence-corrected chi connectivity index (χ2v) is 12.4. The first kappa shape index (κ1) is 44.8. The standard InChI is InChI=1S/2C14H8O4.C12H26N2O4.2H2O/c2*15-7-1-3-9-11(5-7)14(18)10-4-2-8(16)6-12(10)13(9)17;1-5-15-9-10-17-7-3-14-4-8-18-12-11-16-6-2-13-1;;/h2*1-6,15-16H;13-14H,1-12H2;2*1H2. The second-order valence-electron chi connectivity index (χ2n) is 12.4. The Morgan fingerprint density at radius 3 is 0.964 bits per heavy atom. The first-order valence-corrected chi connectivity index (χ1v) is 17.6. The molecule has 1 heterocycles. The fourth-order valence-corrected chi connectivity index (χ4v) is 5.83. The van der Waals surface area contributed by atoms with Gasteiger partial charge in [-0.25, -0.2) is 0 Å². The van der Waals surface area contributed by atoms with E-state index < -0.39 is 0 Å². The van der Waals surface area contributed by atoms with Gasteiger partial charge in [-0.3, -0.25) is 19.2 Å². The van der Waals surface area contributed by atoms with E-state index in [1.807, 2.05) is 0 Å². The molecule has 3 aliphatic rings. The summed E-state index contributed by atoms with van der Waals surface area (Å²) in [7, 11) is 0. The van der Waals surface area contributed by atoms with E-state index in [1.54, 1.807) is 0 Å². The van der Waals surface area contributed by atoms with Gasteiger partial charge < -0.3 is 61.0 Å². The van der Waals surface area contributed by atoms with Crippen LogP contribution in [0.2, 0.25) is 0 Å². The number of hydrogen-bond donors (Lipinski definition) is 4. The van der Waals surface area contributed by atoms with Crippen LogP contribution in [0.15, 0.2) is 72.8 Å². The van der Waals surface area contributed by atoms with Crippen molar-refractivity contribution in [2.75, 3.05) is 79.0 Å². The molecule has 1 saturated heterocycles. The molecule has 0 bridgehead atoms. The van der Waals surface area contributed by atoms with Gasteiger partial charge in [0.05, 0.1) is 79.0 Å². The van der Waals surface area contributed by atoms with Crippen LogP contribution in [0.25, 0.3) is 0 Å². The first-order valence-electron chi connectivity index (χ1n) is 17.6. The van der Waals surface area contributed by atoms with Gasteiger partial charge in [-0.05, 0) is 36.4 Å². The van der Waals surface area contributed by atoms with Crippen molar-refractivity contribution in [1.29, 1.82) is 0 Å². The molecule has 0 aromatic heterocycles. The predicted molar refractivity (Wildman–Crippen MR) is 196 cm³/mol. The van der Waals surface area contributed by atoms with Crippen LogP contribution in [0.4, 0.5) is 0 Å². The summed E-state index contributed by atoms with van der Waals surface area (Å²) in [6.45, 7) is 9.78. The number of ketones is 4. The number of carbonyl (C=O) groups excluding carboxylic acids is 4. The number of rotatable bonds is 0. The second kappa shape index (κ2) is 22.1. The third-order valence-electron chi connectivity index (χ3n) is 8.55. The zero-order chi connectivity index (χ0) is 38.5. The molecule has 0 spiro atoms. The normalized spacial score (nSPS) is 16.1. The summed E-state index contributed by atoms with van der Waals surface area (Å²) >= 11 is 0. The highest BCUT2D eigenvalue weighted by Crippen LogP contribution is 2.32. The van der Waals surface area contributed by atoms with Gasteiger partial charge in [0.2, 0.25) is 0 Å². The van der Waals surface area contributed by atoms with Crippen molar-refractivity contribution in [2.45, 2.75) is 0 Å². The van der Waals surface area contributed by atoms with E-state index in [2.05, 4.69) is 10.6 Å². The Hall–Kier alpha value is -5.56. The summed E-state index contributed by atoms with van der Waals surface area (Å²) in [5.74, 6) is -2.19. The van der Waals surface area contributed by atoms with E-state index in [1.165, 1.54) is 72.8 Å². The Morgan fingerprint density at radius 1 is 0.393 bits per heavy atom. The van der Waals surface area contributed by atoms with Crippen molar-refractivity contribution < 1.29 is 80.1 Å². The van der Waals surface area contributed by atoms with Crippen molar-refractivity contribution in [2.24, 2.45) is 0 Å². The molecule has 300 valence electrons. The average Bonchev–Trinajstić information content (AvgIpc) is 3.16. The van der Waals surface area contributed by atoms with Gasteiger partial charge in [0.1, 0.15) is 11.5 Å². The SMILES string of the molecule is C1COCCOCC[NH2+]CCOCCOCC[NH2+]1.O.O.O=C1c2ccc(O)cc2C(=O)c2ccc([O-])cc21.O=C1c2ccc(O)cc2C(=O)c2ccc([O-])cc21. The van der Waals surface area contributed by atoms with E-state index in [0.717, 1.165) is 52.6 Å². The summed E-state index contributed by atoms with van der Waals surface area (Å²) in [6.07, 6.45) is 0. The number of quaternary nitrogens is 2. The van der Waals surface area contributed by atoms with Crippen LogP contribution >= 0.6 is 0 Å². The van der Waals surface area contributed by atoms with Crippen LogP contribution in [0.3, 0.4) is 0 Å². The van der Waals surface area contributed by atoms with Crippen LogP contribution in [0.1, 0.15) is 63.7 Å². The third-order valence-corrected chi connectivity index (χ3v) is 8.55. The molecule has 10 N–H and O–H groups in total. The number of ether oxygens (including phenoxy) is 4. The Balaban J connectivity index is 0.000000221. The molecule has 0 amide bonds. The topological polar surface area (TPSA) is 288 Å². The maximum atomic E-state index is 12.2. The Kier molecular flexibility index (Phi) is 17.7. The lowest BCUT2D eigenvalue weighted by Gasteiger charge is -2.19. The Labute approximate surface area is 322 Å². The third kappa shape index (κ3) is 11.7. The molecule has 1 aliphatic heterocycles. The highest BCUT2D eigenvalue weighted by molar-refractivity contribution is 6.29. The molecule has 16 nitrogen and oxygen atoms in total. The van der Waals surface area contributed by atoms with Crippen LogP contribution in [0, 0.1) is 0 Å². The number of fused-ring (bicyclic) bond motifs is 4. The number of benzene rings is 4. The predicted octanol–water partition coefficient (Wildman–Crippen LogP) is -1.97. The molecule has 16 heteroatoms. The van der Waals surface area contributed by atoms with Gasteiger partial charge in [-0.2, -0.15) is 0 Å². The largest absolute Gasteiger partial charge is 0.872 e. The molecule has 7 rings (SSSR count). The summed E-state index contributed by atoms with van der Waals surface area (Å²) in [5, 5.41) is 45.7. The fourth-order valence-electron chi connectivity index (χ4n) is 5.83. The molecule has 4 aromatic rings. The molecule has 4 aromatic carbocycles. The summed E-state index contributed by atoms with van der Waals surface area (Å²) in [5.41, 5.74) is 1.45. The van der Waals surface area contributed by atoms with E-state index in [9.17, 15) is 39.6 Å². The van der Waals surface area contributed by atoms with Crippen molar-refractivity contribution in [3.05, 3.63) is 117 Å². The Morgan fingerprint density at radius 2 is 0.661 bits per heavy atom. The molecule has 1 fully saturated rings. The maximum Gasteiger partial charge on any atom is 0.194 e. The van der Waals surface area contributed by atoms with Crippen LogP contribution < -0.4 is 20.8 Å².